The molecule has 1 heterocycles. The first-order chi connectivity index (χ1) is 11.9. The lowest BCUT2D eigenvalue weighted by Crippen LogP contribution is -2.25. The highest BCUT2D eigenvalue weighted by Gasteiger charge is 2.17. The fraction of sp³-hybridized carbons (Fsp3) is 0.0556. The zero-order valence-electron chi connectivity index (χ0n) is 13.2. The zero-order chi connectivity index (χ0) is 18.0. The van der Waals surface area contributed by atoms with Crippen molar-refractivity contribution in [1.29, 1.82) is 0 Å². The Morgan fingerprint density at radius 3 is 2.64 bits per heavy atom. The summed E-state index contributed by atoms with van der Waals surface area (Å²) in [7, 11) is 0. The molecule has 0 aliphatic carbocycles. The van der Waals surface area contributed by atoms with E-state index in [2.05, 4.69) is 26.3 Å². The van der Waals surface area contributed by atoms with Gasteiger partial charge in [0.05, 0.1) is 5.69 Å². The van der Waals surface area contributed by atoms with Crippen LogP contribution < -0.4 is 10.9 Å². The van der Waals surface area contributed by atoms with Crippen LogP contribution in [0.5, 0.6) is 5.75 Å². The van der Waals surface area contributed by atoms with Crippen molar-refractivity contribution in [2.45, 2.75) is 6.92 Å². The van der Waals surface area contributed by atoms with Crippen LogP contribution in [0.1, 0.15) is 16.1 Å². The van der Waals surface area contributed by atoms with Gasteiger partial charge in [0.25, 0.3) is 11.5 Å². The number of amides is 1. The number of anilines is 1. The third-order valence-electron chi connectivity index (χ3n) is 3.46. The lowest BCUT2D eigenvalue weighted by molar-refractivity contribution is 0.101. The van der Waals surface area contributed by atoms with Crippen LogP contribution in [0.2, 0.25) is 0 Å². The molecule has 3 aromatic rings. The Morgan fingerprint density at radius 2 is 1.92 bits per heavy atom. The second kappa shape index (κ2) is 6.90. The molecule has 2 aromatic carbocycles. The first kappa shape index (κ1) is 16.9. The van der Waals surface area contributed by atoms with E-state index in [4.69, 9.17) is 0 Å². The van der Waals surface area contributed by atoms with Gasteiger partial charge in [0.1, 0.15) is 0 Å². The van der Waals surface area contributed by atoms with E-state index in [1.54, 1.807) is 36.4 Å². The van der Waals surface area contributed by atoms with Crippen LogP contribution >= 0.6 is 15.9 Å². The zero-order valence-corrected chi connectivity index (χ0v) is 14.8. The largest absolute Gasteiger partial charge is 0.505 e. The second-order valence-electron chi connectivity index (χ2n) is 5.43. The average Bonchev–Trinajstić information content (AvgIpc) is 2.54. The van der Waals surface area contributed by atoms with Gasteiger partial charge in [-0.15, -0.1) is 0 Å². The summed E-state index contributed by atoms with van der Waals surface area (Å²) in [6, 6.07) is 15.1. The van der Waals surface area contributed by atoms with Gasteiger partial charge in [-0.3, -0.25) is 9.59 Å². The van der Waals surface area contributed by atoms with Crippen LogP contribution in [-0.2, 0) is 0 Å². The molecule has 3 rings (SSSR count). The summed E-state index contributed by atoms with van der Waals surface area (Å²) < 4.78 is 1.88. The first-order valence-electron chi connectivity index (χ1n) is 7.41. The highest BCUT2D eigenvalue weighted by molar-refractivity contribution is 9.10. The molecule has 0 aliphatic heterocycles. The van der Waals surface area contributed by atoms with Crippen molar-refractivity contribution in [3.8, 4) is 11.4 Å². The number of aromatic hydroxyl groups is 1. The van der Waals surface area contributed by atoms with E-state index < -0.39 is 17.2 Å². The van der Waals surface area contributed by atoms with Crippen molar-refractivity contribution in [1.82, 2.24) is 9.78 Å². The number of hydrogen-bond donors (Lipinski definition) is 2. The number of benzene rings is 2. The summed E-state index contributed by atoms with van der Waals surface area (Å²) in [6.07, 6.45) is 0. The maximum absolute atomic E-state index is 12.4. The van der Waals surface area contributed by atoms with Crippen molar-refractivity contribution in [2.75, 3.05) is 5.32 Å². The highest BCUT2D eigenvalue weighted by Crippen LogP contribution is 2.19. The molecule has 0 fully saturated rings. The molecule has 0 saturated heterocycles. The van der Waals surface area contributed by atoms with Gasteiger partial charge in [-0.05, 0) is 42.8 Å². The third-order valence-corrected chi connectivity index (χ3v) is 3.95. The molecule has 25 heavy (non-hydrogen) atoms. The standard InChI is InChI=1S/C18H14BrN3O3/c1-11-4-2-7-14(8-11)22-16(24)10-15(23)17(21-22)18(25)20-13-6-3-5-12(19)9-13/h2-10,23H,1H3,(H,20,25). The Balaban J connectivity index is 2.00. The minimum atomic E-state index is -0.614. The van der Waals surface area contributed by atoms with Crippen molar-refractivity contribution >= 4 is 27.5 Å². The molecule has 1 amide bonds. The van der Waals surface area contributed by atoms with Gasteiger partial charge in [0.2, 0.25) is 0 Å². The van der Waals surface area contributed by atoms with Gasteiger partial charge >= 0.3 is 0 Å². The molecule has 7 heteroatoms. The van der Waals surface area contributed by atoms with Crippen molar-refractivity contribution in [3.63, 3.8) is 0 Å². The number of aryl methyl sites for hydroxylation is 1. The number of rotatable bonds is 3. The van der Waals surface area contributed by atoms with E-state index in [-0.39, 0.29) is 5.69 Å². The van der Waals surface area contributed by atoms with Crippen molar-refractivity contribution in [3.05, 3.63) is 80.7 Å². The number of nitrogens with one attached hydrogen (secondary N) is 1. The normalized spacial score (nSPS) is 10.5. The summed E-state index contributed by atoms with van der Waals surface area (Å²) in [5.41, 5.74) is 1.23. The summed E-state index contributed by atoms with van der Waals surface area (Å²) in [5.74, 6) is -1.08. The van der Waals surface area contributed by atoms with Crippen LogP contribution in [0, 0.1) is 6.92 Å². The molecule has 0 bridgehead atoms. The van der Waals surface area contributed by atoms with E-state index in [9.17, 15) is 14.7 Å². The van der Waals surface area contributed by atoms with Gasteiger partial charge in [-0.2, -0.15) is 9.78 Å². The highest BCUT2D eigenvalue weighted by atomic mass is 79.9. The molecule has 0 atom stereocenters. The Labute approximate surface area is 151 Å². The number of nitrogens with zero attached hydrogens (tertiary/aromatic N) is 2. The Bertz CT molecular complexity index is 1010. The maximum Gasteiger partial charge on any atom is 0.279 e. The van der Waals surface area contributed by atoms with Gasteiger partial charge in [0, 0.05) is 16.2 Å². The molecule has 0 saturated carbocycles. The molecule has 1 aromatic heterocycles. The predicted molar refractivity (Wildman–Crippen MR) is 98.3 cm³/mol. The SMILES string of the molecule is Cc1cccc(-n2nc(C(=O)Nc3cccc(Br)c3)c(O)cc2=O)c1. The van der Waals surface area contributed by atoms with Crippen LogP contribution in [0.4, 0.5) is 5.69 Å². The summed E-state index contributed by atoms with van der Waals surface area (Å²) in [6.45, 7) is 1.88. The quantitative estimate of drug-likeness (QED) is 0.707. The Morgan fingerprint density at radius 1 is 1.16 bits per heavy atom. The molecule has 0 radical (unpaired) electrons. The van der Waals surface area contributed by atoms with E-state index in [0.29, 0.717) is 11.4 Å². The topological polar surface area (TPSA) is 84.2 Å². The molecular weight excluding hydrogens is 386 g/mol. The molecule has 2 N–H and O–H groups in total. The molecular formula is C18H14BrN3O3. The summed E-state index contributed by atoms with van der Waals surface area (Å²) >= 11 is 3.32. The van der Waals surface area contributed by atoms with E-state index in [0.717, 1.165) is 20.8 Å². The van der Waals surface area contributed by atoms with Gasteiger partial charge in [0.15, 0.2) is 11.4 Å². The van der Waals surface area contributed by atoms with Crippen LogP contribution in [0.3, 0.4) is 0 Å². The van der Waals surface area contributed by atoms with Crippen LogP contribution in [0.15, 0.2) is 63.9 Å². The average molecular weight is 400 g/mol. The van der Waals surface area contributed by atoms with Gasteiger partial charge in [-0.1, -0.05) is 34.1 Å². The molecule has 0 aliphatic rings. The summed E-state index contributed by atoms with van der Waals surface area (Å²) in [5, 5.41) is 16.6. The van der Waals surface area contributed by atoms with Crippen molar-refractivity contribution in [2.24, 2.45) is 0 Å². The fourth-order valence-corrected chi connectivity index (χ4v) is 2.71. The molecule has 0 unspecified atom stereocenters. The Hall–Kier alpha value is -2.93. The smallest absolute Gasteiger partial charge is 0.279 e. The molecule has 126 valence electrons. The molecule has 6 nitrogen and oxygen atoms in total. The van der Waals surface area contributed by atoms with Crippen LogP contribution in [-0.4, -0.2) is 20.8 Å². The minimum absolute atomic E-state index is 0.235. The van der Waals surface area contributed by atoms with E-state index >= 15 is 0 Å². The number of aromatic nitrogens is 2. The van der Waals surface area contributed by atoms with Gasteiger partial charge < -0.3 is 10.4 Å². The van der Waals surface area contributed by atoms with Crippen molar-refractivity contribution < 1.29 is 9.90 Å². The van der Waals surface area contributed by atoms with Crippen LogP contribution in [0.25, 0.3) is 5.69 Å². The first-order valence-corrected chi connectivity index (χ1v) is 8.20. The number of halogens is 1. The van der Waals surface area contributed by atoms with Gasteiger partial charge in [-0.25, -0.2) is 0 Å². The maximum atomic E-state index is 12.4. The minimum Gasteiger partial charge on any atom is -0.505 e. The van der Waals surface area contributed by atoms with E-state index in [1.165, 1.54) is 0 Å². The lowest BCUT2D eigenvalue weighted by Gasteiger charge is -2.10. The third kappa shape index (κ3) is 3.77. The number of hydrogen-bond acceptors (Lipinski definition) is 4. The van der Waals surface area contributed by atoms with E-state index in [1.807, 2.05) is 19.1 Å². The number of carbonyl (C=O) groups excluding carboxylic acids is 1. The predicted octanol–water partition coefficient (Wildman–Crippen LogP) is 3.26. The molecule has 0 spiro atoms. The lowest BCUT2D eigenvalue weighted by atomic mass is 10.2. The second-order valence-corrected chi connectivity index (χ2v) is 6.35. The monoisotopic (exact) mass is 399 g/mol. The Kier molecular flexibility index (Phi) is 4.67. The summed E-state index contributed by atoms with van der Waals surface area (Å²) in [4.78, 5) is 24.6. The number of carbonyl (C=O) groups is 1. The fourth-order valence-electron chi connectivity index (χ4n) is 2.31.